The fraction of sp³-hybridized carbons (Fsp3) is 0.231. The molecule has 0 amide bonds. The molecule has 0 spiro atoms. The monoisotopic (exact) mass is 322 g/mol. The van der Waals surface area contributed by atoms with Crippen LogP contribution in [0.25, 0.3) is 0 Å². The van der Waals surface area contributed by atoms with Crippen LogP contribution in [0.1, 0.15) is 5.82 Å². The molecule has 0 fully saturated rings. The predicted octanol–water partition coefficient (Wildman–Crippen LogP) is 2.70. The number of aliphatic hydroxyl groups excluding tert-OH is 1. The molecule has 0 saturated heterocycles. The van der Waals surface area contributed by atoms with Gasteiger partial charge in [-0.05, 0) is 25.1 Å². The van der Waals surface area contributed by atoms with Crippen LogP contribution in [-0.2, 0) is 0 Å². The lowest BCUT2D eigenvalue weighted by molar-refractivity contribution is 0.311. The van der Waals surface area contributed by atoms with Crippen LogP contribution in [0.15, 0.2) is 34.8 Å². The van der Waals surface area contributed by atoms with Crippen molar-refractivity contribution in [2.24, 2.45) is 0 Å². The van der Waals surface area contributed by atoms with Crippen molar-refractivity contribution in [1.82, 2.24) is 9.97 Å². The first kappa shape index (κ1) is 13.8. The summed E-state index contributed by atoms with van der Waals surface area (Å²) in [7, 11) is 0. The predicted molar refractivity (Wildman–Crippen MR) is 79.8 cm³/mol. The van der Waals surface area contributed by atoms with Crippen molar-refractivity contribution >= 4 is 33.3 Å². The van der Waals surface area contributed by atoms with Crippen molar-refractivity contribution in [3.05, 3.63) is 40.6 Å². The van der Waals surface area contributed by atoms with Gasteiger partial charge in [-0.1, -0.05) is 22.0 Å². The third kappa shape index (κ3) is 4.18. The molecule has 5 nitrogen and oxygen atoms in total. The average Bonchev–Trinajstić information content (AvgIpc) is 2.35. The zero-order valence-corrected chi connectivity index (χ0v) is 12.1. The summed E-state index contributed by atoms with van der Waals surface area (Å²) < 4.78 is 1.00. The Bertz CT molecular complexity index is 562. The van der Waals surface area contributed by atoms with Crippen LogP contribution < -0.4 is 10.6 Å². The second-order valence-corrected chi connectivity index (χ2v) is 4.89. The van der Waals surface area contributed by atoms with Gasteiger partial charge >= 0.3 is 0 Å². The molecule has 0 unspecified atom stereocenters. The van der Waals surface area contributed by atoms with E-state index in [9.17, 15) is 0 Å². The molecule has 0 aliphatic rings. The zero-order chi connectivity index (χ0) is 13.7. The molecule has 0 atom stereocenters. The maximum absolute atomic E-state index is 8.81. The molecule has 0 saturated carbocycles. The van der Waals surface area contributed by atoms with E-state index in [1.165, 1.54) is 0 Å². The molecule has 1 aromatic heterocycles. The zero-order valence-electron chi connectivity index (χ0n) is 10.5. The van der Waals surface area contributed by atoms with Crippen molar-refractivity contribution < 1.29 is 5.11 Å². The number of nitrogens with one attached hydrogen (secondary N) is 2. The number of aromatic nitrogens is 2. The van der Waals surface area contributed by atoms with Gasteiger partial charge in [0.25, 0.3) is 0 Å². The van der Waals surface area contributed by atoms with Gasteiger partial charge in [-0.2, -0.15) is 0 Å². The van der Waals surface area contributed by atoms with Gasteiger partial charge in [0.15, 0.2) is 0 Å². The smallest absolute Gasteiger partial charge is 0.136 e. The minimum atomic E-state index is 0.0669. The number of aryl methyl sites for hydroxylation is 1. The fourth-order valence-electron chi connectivity index (χ4n) is 1.62. The lowest BCUT2D eigenvalue weighted by Gasteiger charge is -2.09. The molecule has 100 valence electrons. The Hall–Kier alpha value is -1.66. The summed E-state index contributed by atoms with van der Waals surface area (Å²) in [5.41, 5.74) is 0.945. The minimum absolute atomic E-state index is 0.0669. The van der Waals surface area contributed by atoms with E-state index in [2.05, 4.69) is 36.5 Å². The Morgan fingerprint density at radius 2 is 2.00 bits per heavy atom. The summed E-state index contributed by atoms with van der Waals surface area (Å²) in [5.74, 6) is 2.07. The van der Waals surface area contributed by atoms with E-state index in [1.54, 1.807) is 0 Å². The molecular formula is C13H15BrN4O. The van der Waals surface area contributed by atoms with Crippen molar-refractivity contribution in [2.45, 2.75) is 6.92 Å². The van der Waals surface area contributed by atoms with Crippen molar-refractivity contribution in [2.75, 3.05) is 23.8 Å². The molecule has 2 rings (SSSR count). The number of anilines is 3. The molecule has 0 radical (unpaired) electrons. The minimum Gasteiger partial charge on any atom is -0.395 e. The quantitative estimate of drug-likeness (QED) is 0.789. The summed E-state index contributed by atoms with van der Waals surface area (Å²) in [6.07, 6.45) is 0. The molecule has 0 bridgehead atoms. The first-order chi connectivity index (χ1) is 9.17. The summed E-state index contributed by atoms with van der Waals surface area (Å²) in [4.78, 5) is 8.57. The van der Waals surface area contributed by atoms with Gasteiger partial charge in [0.05, 0.1) is 6.61 Å². The average molecular weight is 323 g/mol. The van der Waals surface area contributed by atoms with Crippen LogP contribution in [-0.4, -0.2) is 28.2 Å². The highest BCUT2D eigenvalue weighted by Crippen LogP contribution is 2.20. The number of aliphatic hydroxyl groups is 1. The molecule has 2 aromatic rings. The maximum Gasteiger partial charge on any atom is 0.136 e. The van der Waals surface area contributed by atoms with Crippen molar-refractivity contribution in [3.63, 3.8) is 0 Å². The Morgan fingerprint density at radius 3 is 2.74 bits per heavy atom. The summed E-state index contributed by atoms with van der Waals surface area (Å²) >= 11 is 3.43. The van der Waals surface area contributed by atoms with Gasteiger partial charge in [-0.15, -0.1) is 0 Å². The molecule has 3 N–H and O–H groups in total. The molecule has 1 aromatic carbocycles. The van der Waals surface area contributed by atoms with Gasteiger partial charge in [0.2, 0.25) is 0 Å². The number of hydrogen-bond donors (Lipinski definition) is 3. The SMILES string of the molecule is Cc1nc(NCCO)cc(Nc2cccc(Br)c2)n1. The van der Waals surface area contributed by atoms with Crippen molar-refractivity contribution in [3.8, 4) is 0 Å². The van der Waals surface area contributed by atoms with E-state index in [0.717, 1.165) is 10.2 Å². The Labute approximate surface area is 120 Å². The van der Waals surface area contributed by atoms with Crippen molar-refractivity contribution in [1.29, 1.82) is 0 Å². The topological polar surface area (TPSA) is 70.1 Å². The lowest BCUT2D eigenvalue weighted by Crippen LogP contribution is -2.08. The Morgan fingerprint density at radius 1 is 1.21 bits per heavy atom. The maximum atomic E-state index is 8.81. The fourth-order valence-corrected chi connectivity index (χ4v) is 2.02. The van der Waals surface area contributed by atoms with Crippen LogP contribution >= 0.6 is 15.9 Å². The molecule has 6 heteroatoms. The summed E-state index contributed by atoms with van der Waals surface area (Å²) in [6.45, 7) is 2.36. The van der Waals surface area contributed by atoms with Gasteiger partial charge < -0.3 is 15.7 Å². The van der Waals surface area contributed by atoms with Crippen LogP contribution in [0.3, 0.4) is 0 Å². The van der Waals surface area contributed by atoms with E-state index in [1.807, 2.05) is 37.3 Å². The van der Waals surface area contributed by atoms with E-state index in [4.69, 9.17) is 5.11 Å². The van der Waals surface area contributed by atoms with Gasteiger partial charge in [-0.3, -0.25) is 0 Å². The number of hydrogen-bond acceptors (Lipinski definition) is 5. The van der Waals surface area contributed by atoms with Gasteiger partial charge in [0.1, 0.15) is 17.5 Å². The standard InChI is InChI=1S/C13H15BrN4O/c1-9-16-12(15-5-6-19)8-13(17-9)18-11-4-2-3-10(14)7-11/h2-4,7-8,19H,5-6H2,1H3,(H2,15,16,17,18). The molecule has 0 aliphatic heterocycles. The largest absolute Gasteiger partial charge is 0.395 e. The summed E-state index contributed by atoms with van der Waals surface area (Å²) in [6, 6.07) is 9.65. The van der Waals surface area contributed by atoms with E-state index in [0.29, 0.717) is 24.0 Å². The third-order valence-electron chi connectivity index (χ3n) is 2.35. The Kier molecular flexibility index (Phi) is 4.70. The number of benzene rings is 1. The van der Waals surface area contributed by atoms with Gasteiger partial charge in [0, 0.05) is 22.8 Å². The lowest BCUT2D eigenvalue weighted by atomic mass is 10.3. The van der Waals surface area contributed by atoms with E-state index >= 15 is 0 Å². The highest BCUT2D eigenvalue weighted by molar-refractivity contribution is 9.10. The Balaban J connectivity index is 2.17. The van der Waals surface area contributed by atoms with Crippen LogP contribution in [0, 0.1) is 6.92 Å². The molecular weight excluding hydrogens is 308 g/mol. The normalized spacial score (nSPS) is 10.3. The molecule has 0 aliphatic carbocycles. The van der Waals surface area contributed by atoms with E-state index in [-0.39, 0.29) is 6.61 Å². The number of rotatable bonds is 5. The van der Waals surface area contributed by atoms with Crippen LogP contribution in [0.4, 0.5) is 17.3 Å². The second kappa shape index (κ2) is 6.49. The van der Waals surface area contributed by atoms with Crippen LogP contribution in [0.2, 0.25) is 0 Å². The second-order valence-electron chi connectivity index (χ2n) is 3.97. The molecule has 1 heterocycles. The third-order valence-corrected chi connectivity index (χ3v) is 2.85. The highest BCUT2D eigenvalue weighted by Gasteiger charge is 2.02. The van der Waals surface area contributed by atoms with E-state index < -0.39 is 0 Å². The molecule has 19 heavy (non-hydrogen) atoms. The highest BCUT2D eigenvalue weighted by atomic mass is 79.9. The first-order valence-corrected chi connectivity index (χ1v) is 6.69. The number of halogens is 1. The van der Waals surface area contributed by atoms with Crippen LogP contribution in [0.5, 0.6) is 0 Å². The first-order valence-electron chi connectivity index (χ1n) is 5.90. The number of nitrogens with zero attached hydrogens (tertiary/aromatic N) is 2. The van der Waals surface area contributed by atoms with Gasteiger partial charge in [-0.25, -0.2) is 9.97 Å². The summed E-state index contributed by atoms with van der Waals surface area (Å²) in [5, 5.41) is 15.0.